The van der Waals surface area contributed by atoms with Gasteiger partial charge in [-0.25, -0.2) is 0 Å². The van der Waals surface area contributed by atoms with Gasteiger partial charge in [0.15, 0.2) is 0 Å². The van der Waals surface area contributed by atoms with Crippen LogP contribution < -0.4 is 10.1 Å². The molecule has 0 aliphatic carbocycles. The number of nitro benzene ring substituents is 1. The predicted molar refractivity (Wildman–Crippen MR) is 103 cm³/mol. The van der Waals surface area contributed by atoms with E-state index in [4.69, 9.17) is 4.74 Å². The van der Waals surface area contributed by atoms with E-state index < -0.39 is 4.92 Å². The summed E-state index contributed by atoms with van der Waals surface area (Å²) in [6.45, 7) is 0.532. The minimum Gasteiger partial charge on any atom is -0.493 e. The second-order valence-electron chi connectivity index (χ2n) is 5.87. The maximum Gasteiger partial charge on any atom is 0.269 e. The predicted octanol–water partition coefficient (Wildman–Crippen LogP) is 4.47. The first-order chi connectivity index (χ1) is 13.1. The van der Waals surface area contributed by atoms with Gasteiger partial charge < -0.3 is 10.1 Å². The van der Waals surface area contributed by atoms with Gasteiger partial charge in [0, 0.05) is 35.9 Å². The van der Waals surface area contributed by atoms with Crippen LogP contribution in [-0.2, 0) is 6.42 Å². The average molecular weight is 362 g/mol. The molecular formula is C21H18N2O4. The van der Waals surface area contributed by atoms with Crippen molar-refractivity contribution in [2.45, 2.75) is 6.42 Å². The lowest BCUT2D eigenvalue weighted by Gasteiger charge is -2.09. The maximum absolute atomic E-state index is 12.3. The summed E-state index contributed by atoms with van der Waals surface area (Å²) in [5.41, 5.74) is 2.08. The van der Waals surface area contributed by atoms with Crippen LogP contribution in [0.3, 0.4) is 0 Å². The van der Waals surface area contributed by atoms with Crippen LogP contribution >= 0.6 is 0 Å². The molecule has 3 aromatic carbocycles. The van der Waals surface area contributed by atoms with Gasteiger partial charge in [0.05, 0.1) is 11.5 Å². The van der Waals surface area contributed by atoms with Crippen LogP contribution in [0.1, 0.15) is 15.9 Å². The number of benzene rings is 3. The molecule has 0 fully saturated rings. The molecule has 0 unspecified atom stereocenters. The van der Waals surface area contributed by atoms with E-state index in [1.807, 2.05) is 36.4 Å². The van der Waals surface area contributed by atoms with Crippen molar-refractivity contribution in [3.63, 3.8) is 0 Å². The smallest absolute Gasteiger partial charge is 0.269 e. The lowest BCUT2D eigenvalue weighted by molar-refractivity contribution is -0.384. The van der Waals surface area contributed by atoms with Gasteiger partial charge in [0.2, 0.25) is 0 Å². The van der Waals surface area contributed by atoms with Crippen molar-refractivity contribution in [3.05, 3.63) is 100 Å². The number of ether oxygens (including phenoxy) is 1. The van der Waals surface area contributed by atoms with E-state index in [2.05, 4.69) is 5.32 Å². The molecule has 3 rings (SSSR count). The van der Waals surface area contributed by atoms with E-state index in [1.54, 1.807) is 18.2 Å². The highest BCUT2D eigenvalue weighted by Gasteiger charge is 2.10. The van der Waals surface area contributed by atoms with Gasteiger partial charge in [-0.05, 0) is 29.8 Å². The fourth-order valence-electron chi connectivity index (χ4n) is 2.53. The molecule has 0 bridgehead atoms. The summed E-state index contributed by atoms with van der Waals surface area (Å²) in [6.07, 6.45) is 0.792. The van der Waals surface area contributed by atoms with Crippen LogP contribution in [0.15, 0.2) is 78.9 Å². The summed E-state index contributed by atoms with van der Waals surface area (Å²) in [5.74, 6) is 0.318. The fraction of sp³-hybridized carbons (Fsp3) is 0.0952. The first kappa shape index (κ1) is 18.1. The number of rotatable bonds is 7. The molecule has 0 aliphatic rings. The molecule has 0 atom stereocenters. The summed E-state index contributed by atoms with van der Waals surface area (Å²) in [4.78, 5) is 22.5. The van der Waals surface area contributed by atoms with Gasteiger partial charge in [0.25, 0.3) is 11.6 Å². The molecule has 0 radical (unpaired) electrons. The highest BCUT2D eigenvalue weighted by atomic mass is 16.6. The average Bonchev–Trinajstić information content (AvgIpc) is 2.69. The third kappa shape index (κ3) is 5.15. The number of hydrogen-bond acceptors (Lipinski definition) is 4. The molecule has 3 aromatic rings. The van der Waals surface area contributed by atoms with E-state index in [0.29, 0.717) is 23.6 Å². The lowest BCUT2D eigenvalue weighted by atomic mass is 10.2. The highest BCUT2D eigenvalue weighted by molar-refractivity contribution is 6.04. The topological polar surface area (TPSA) is 81.5 Å². The van der Waals surface area contributed by atoms with Gasteiger partial charge in [-0.2, -0.15) is 0 Å². The van der Waals surface area contributed by atoms with Crippen LogP contribution in [0.25, 0.3) is 0 Å². The van der Waals surface area contributed by atoms with Gasteiger partial charge in [0.1, 0.15) is 5.75 Å². The number of nitro groups is 1. The Morgan fingerprint density at radius 3 is 2.41 bits per heavy atom. The molecule has 6 nitrogen and oxygen atoms in total. The van der Waals surface area contributed by atoms with Crippen LogP contribution in [-0.4, -0.2) is 17.4 Å². The quantitative estimate of drug-likeness (QED) is 0.497. The van der Waals surface area contributed by atoms with Crippen LogP contribution in [0.4, 0.5) is 11.4 Å². The zero-order chi connectivity index (χ0) is 19.1. The van der Waals surface area contributed by atoms with Crippen molar-refractivity contribution in [2.24, 2.45) is 0 Å². The Labute approximate surface area is 156 Å². The number of nitrogens with one attached hydrogen (secondary N) is 1. The zero-order valence-electron chi connectivity index (χ0n) is 14.5. The van der Waals surface area contributed by atoms with Crippen LogP contribution in [0.2, 0.25) is 0 Å². The Hall–Kier alpha value is -3.67. The summed E-state index contributed by atoms with van der Waals surface area (Å²) in [7, 11) is 0. The summed E-state index contributed by atoms with van der Waals surface area (Å²) in [6, 6.07) is 22.6. The largest absolute Gasteiger partial charge is 0.493 e. The van der Waals surface area contributed by atoms with Crippen molar-refractivity contribution in [2.75, 3.05) is 11.9 Å². The Morgan fingerprint density at radius 2 is 1.70 bits per heavy atom. The number of anilines is 1. The highest BCUT2D eigenvalue weighted by Crippen LogP contribution is 2.19. The Bertz CT molecular complexity index is 924. The van der Waals surface area contributed by atoms with Gasteiger partial charge in [-0.3, -0.25) is 14.9 Å². The number of carbonyl (C=O) groups excluding carboxylic acids is 1. The van der Waals surface area contributed by atoms with Crippen molar-refractivity contribution in [1.82, 2.24) is 0 Å². The summed E-state index contributed by atoms with van der Waals surface area (Å²) in [5, 5.41) is 13.4. The minimum atomic E-state index is -0.502. The zero-order valence-corrected chi connectivity index (χ0v) is 14.5. The number of hydrogen-bond donors (Lipinski definition) is 1. The van der Waals surface area contributed by atoms with Crippen LogP contribution in [0, 0.1) is 10.1 Å². The first-order valence-corrected chi connectivity index (χ1v) is 8.44. The third-order valence-corrected chi connectivity index (χ3v) is 3.93. The molecule has 27 heavy (non-hydrogen) atoms. The minimum absolute atomic E-state index is 0.0552. The molecule has 1 amide bonds. The number of nitrogens with zero attached hydrogens (tertiary/aromatic N) is 1. The molecule has 0 saturated carbocycles. The SMILES string of the molecule is O=C(Nc1cccc(OCCc2ccccc2)c1)c1ccc([N+](=O)[O-])cc1. The van der Waals surface area contributed by atoms with Gasteiger partial charge >= 0.3 is 0 Å². The maximum atomic E-state index is 12.3. The van der Waals surface area contributed by atoms with Crippen LogP contribution in [0.5, 0.6) is 5.75 Å². The third-order valence-electron chi connectivity index (χ3n) is 3.93. The van der Waals surface area contributed by atoms with Crippen molar-refractivity contribution in [3.8, 4) is 5.75 Å². The van der Waals surface area contributed by atoms with Crippen molar-refractivity contribution >= 4 is 17.3 Å². The second-order valence-corrected chi connectivity index (χ2v) is 5.87. The molecular weight excluding hydrogens is 344 g/mol. The standard InChI is InChI=1S/C21H18N2O4/c24-21(17-9-11-19(12-10-17)23(25)26)22-18-7-4-8-20(15-18)27-14-13-16-5-2-1-3-6-16/h1-12,15H,13-14H2,(H,22,24). The number of amides is 1. The van der Waals surface area contributed by atoms with E-state index in [-0.39, 0.29) is 11.6 Å². The van der Waals surface area contributed by atoms with E-state index in [9.17, 15) is 14.9 Å². The molecule has 1 N–H and O–H groups in total. The van der Waals surface area contributed by atoms with Gasteiger partial charge in [-0.1, -0.05) is 36.4 Å². The van der Waals surface area contributed by atoms with E-state index in [0.717, 1.165) is 6.42 Å². The molecule has 0 saturated heterocycles. The molecule has 0 aliphatic heterocycles. The lowest BCUT2D eigenvalue weighted by Crippen LogP contribution is -2.12. The van der Waals surface area contributed by atoms with E-state index >= 15 is 0 Å². The second kappa shape index (κ2) is 8.62. The van der Waals surface area contributed by atoms with Crippen molar-refractivity contribution in [1.29, 1.82) is 0 Å². The fourth-order valence-corrected chi connectivity index (χ4v) is 2.53. The van der Waals surface area contributed by atoms with Gasteiger partial charge in [-0.15, -0.1) is 0 Å². The molecule has 0 aromatic heterocycles. The number of carbonyl (C=O) groups is 1. The normalized spacial score (nSPS) is 10.2. The monoisotopic (exact) mass is 362 g/mol. The molecule has 0 spiro atoms. The Balaban J connectivity index is 1.58. The van der Waals surface area contributed by atoms with Crippen molar-refractivity contribution < 1.29 is 14.5 Å². The Morgan fingerprint density at radius 1 is 0.963 bits per heavy atom. The Kier molecular flexibility index (Phi) is 5.79. The van der Waals surface area contributed by atoms with E-state index in [1.165, 1.54) is 29.8 Å². The number of non-ortho nitro benzene ring substituents is 1. The molecule has 136 valence electrons. The molecule has 6 heteroatoms. The molecule has 0 heterocycles. The summed E-state index contributed by atoms with van der Waals surface area (Å²) < 4.78 is 5.75. The summed E-state index contributed by atoms with van der Waals surface area (Å²) >= 11 is 0. The first-order valence-electron chi connectivity index (χ1n) is 8.44.